The molecule has 3 atom stereocenters. The lowest BCUT2D eigenvalue weighted by molar-refractivity contribution is 0.473. The third-order valence-electron chi connectivity index (χ3n) is 4.00. The number of hydrazine groups is 1. The van der Waals surface area contributed by atoms with E-state index in [9.17, 15) is 0 Å². The summed E-state index contributed by atoms with van der Waals surface area (Å²) in [5.41, 5.74) is 8.44. The third kappa shape index (κ3) is 2.00. The number of rotatable bonds is 3. The topological polar surface area (TPSA) is 38.0 Å². The van der Waals surface area contributed by atoms with Gasteiger partial charge >= 0.3 is 0 Å². The standard InChI is InChI=1S/C14H22N2/c1-8-5-10(3)12(6-9(8)2)14(16-15)13-7-11(13)4/h5-6,11,13-14,16H,7,15H2,1-4H3. The summed E-state index contributed by atoms with van der Waals surface area (Å²) in [6, 6.07) is 4.89. The van der Waals surface area contributed by atoms with E-state index in [1.54, 1.807) is 0 Å². The molecule has 0 aliphatic heterocycles. The minimum absolute atomic E-state index is 0.328. The van der Waals surface area contributed by atoms with Crippen LogP contribution in [0.15, 0.2) is 12.1 Å². The second-order valence-corrected chi connectivity index (χ2v) is 5.31. The van der Waals surface area contributed by atoms with E-state index in [0.717, 1.165) is 5.92 Å². The first-order valence-electron chi connectivity index (χ1n) is 6.08. The first-order valence-corrected chi connectivity index (χ1v) is 6.08. The summed E-state index contributed by atoms with van der Waals surface area (Å²) in [4.78, 5) is 0. The molecule has 0 amide bonds. The summed E-state index contributed by atoms with van der Waals surface area (Å²) < 4.78 is 0. The molecule has 0 spiro atoms. The van der Waals surface area contributed by atoms with Crippen LogP contribution < -0.4 is 11.3 Å². The fourth-order valence-electron chi connectivity index (χ4n) is 2.58. The molecule has 3 unspecified atom stereocenters. The normalized spacial score (nSPS) is 25.6. The SMILES string of the molecule is Cc1cc(C)c(C(NN)C2CC2C)cc1C. The summed E-state index contributed by atoms with van der Waals surface area (Å²) >= 11 is 0. The second-order valence-electron chi connectivity index (χ2n) is 5.31. The molecule has 16 heavy (non-hydrogen) atoms. The predicted molar refractivity (Wildman–Crippen MR) is 68.0 cm³/mol. The largest absolute Gasteiger partial charge is 0.271 e. The number of hydrogen-bond donors (Lipinski definition) is 2. The maximum Gasteiger partial charge on any atom is 0.0493 e. The molecule has 2 rings (SSSR count). The second kappa shape index (κ2) is 4.19. The van der Waals surface area contributed by atoms with Crippen LogP contribution in [0.4, 0.5) is 0 Å². The van der Waals surface area contributed by atoms with E-state index in [4.69, 9.17) is 5.84 Å². The Morgan fingerprint density at radius 3 is 2.25 bits per heavy atom. The van der Waals surface area contributed by atoms with Gasteiger partial charge in [-0.25, -0.2) is 0 Å². The molecule has 0 heterocycles. The molecule has 0 radical (unpaired) electrons. The van der Waals surface area contributed by atoms with Crippen LogP contribution in [0.5, 0.6) is 0 Å². The highest BCUT2D eigenvalue weighted by molar-refractivity contribution is 5.39. The van der Waals surface area contributed by atoms with Crippen LogP contribution >= 0.6 is 0 Å². The van der Waals surface area contributed by atoms with Gasteiger partial charge in [0.05, 0.1) is 0 Å². The van der Waals surface area contributed by atoms with Crippen LogP contribution in [-0.2, 0) is 0 Å². The van der Waals surface area contributed by atoms with Gasteiger partial charge in [-0.15, -0.1) is 0 Å². The summed E-state index contributed by atoms with van der Waals surface area (Å²) in [6.07, 6.45) is 1.29. The van der Waals surface area contributed by atoms with Gasteiger partial charge in [0.15, 0.2) is 0 Å². The molecule has 0 saturated heterocycles. The fraction of sp³-hybridized carbons (Fsp3) is 0.571. The van der Waals surface area contributed by atoms with E-state index < -0.39 is 0 Å². The Balaban J connectivity index is 2.34. The molecule has 1 aliphatic carbocycles. The lowest BCUT2D eigenvalue weighted by Gasteiger charge is -2.20. The van der Waals surface area contributed by atoms with Gasteiger partial charge in [0, 0.05) is 6.04 Å². The minimum Gasteiger partial charge on any atom is -0.271 e. The van der Waals surface area contributed by atoms with Crippen molar-refractivity contribution in [3.05, 3.63) is 34.4 Å². The molecule has 3 N–H and O–H groups in total. The molecule has 1 aromatic rings. The number of hydrogen-bond acceptors (Lipinski definition) is 2. The molecule has 88 valence electrons. The fourth-order valence-corrected chi connectivity index (χ4v) is 2.58. The van der Waals surface area contributed by atoms with Gasteiger partial charge < -0.3 is 0 Å². The zero-order valence-electron chi connectivity index (χ0n) is 10.7. The van der Waals surface area contributed by atoms with E-state index in [1.807, 2.05) is 0 Å². The summed E-state index contributed by atoms with van der Waals surface area (Å²) in [7, 11) is 0. The van der Waals surface area contributed by atoms with Crippen LogP contribution in [0.2, 0.25) is 0 Å². The molecule has 2 nitrogen and oxygen atoms in total. The van der Waals surface area contributed by atoms with Crippen molar-refractivity contribution in [3.63, 3.8) is 0 Å². The van der Waals surface area contributed by atoms with Crippen molar-refractivity contribution in [1.29, 1.82) is 0 Å². The molecule has 1 aliphatic rings. The molecule has 0 bridgehead atoms. The zero-order valence-corrected chi connectivity index (χ0v) is 10.7. The molecule has 2 heteroatoms. The Labute approximate surface area is 98.2 Å². The molecular weight excluding hydrogens is 196 g/mol. The van der Waals surface area contributed by atoms with Crippen molar-refractivity contribution in [2.24, 2.45) is 17.7 Å². The number of nitrogens with two attached hydrogens (primary N) is 1. The van der Waals surface area contributed by atoms with E-state index in [0.29, 0.717) is 12.0 Å². The zero-order chi connectivity index (χ0) is 11.9. The van der Waals surface area contributed by atoms with Crippen molar-refractivity contribution >= 4 is 0 Å². The van der Waals surface area contributed by atoms with E-state index >= 15 is 0 Å². The number of nitrogens with one attached hydrogen (secondary N) is 1. The summed E-state index contributed by atoms with van der Waals surface area (Å²) in [6.45, 7) is 8.81. The average molecular weight is 218 g/mol. The number of aryl methyl sites for hydroxylation is 3. The molecule has 1 aromatic carbocycles. The van der Waals surface area contributed by atoms with Gasteiger partial charge in [0.25, 0.3) is 0 Å². The van der Waals surface area contributed by atoms with Crippen molar-refractivity contribution in [1.82, 2.24) is 5.43 Å². The molecule has 1 fully saturated rings. The van der Waals surface area contributed by atoms with E-state index in [-0.39, 0.29) is 0 Å². The van der Waals surface area contributed by atoms with Crippen molar-refractivity contribution in [3.8, 4) is 0 Å². The van der Waals surface area contributed by atoms with Gasteiger partial charge in [-0.1, -0.05) is 19.1 Å². The highest BCUT2D eigenvalue weighted by Gasteiger charge is 2.40. The van der Waals surface area contributed by atoms with Gasteiger partial charge in [-0.2, -0.15) is 0 Å². The lowest BCUT2D eigenvalue weighted by Crippen LogP contribution is -2.30. The van der Waals surface area contributed by atoms with Crippen molar-refractivity contribution in [2.45, 2.75) is 40.2 Å². The maximum absolute atomic E-state index is 5.71. The Morgan fingerprint density at radius 1 is 1.19 bits per heavy atom. The van der Waals surface area contributed by atoms with E-state index in [1.165, 1.54) is 28.7 Å². The highest BCUT2D eigenvalue weighted by Crippen LogP contribution is 2.47. The molecule has 0 aromatic heterocycles. The minimum atomic E-state index is 0.328. The van der Waals surface area contributed by atoms with E-state index in [2.05, 4.69) is 45.3 Å². The first kappa shape index (κ1) is 11.6. The Bertz CT molecular complexity index is 398. The van der Waals surface area contributed by atoms with Gasteiger partial charge in [0.2, 0.25) is 0 Å². The monoisotopic (exact) mass is 218 g/mol. The Hall–Kier alpha value is -0.860. The van der Waals surface area contributed by atoms with Gasteiger partial charge in [-0.3, -0.25) is 11.3 Å². The quantitative estimate of drug-likeness (QED) is 0.605. The third-order valence-corrected chi connectivity index (χ3v) is 4.00. The summed E-state index contributed by atoms with van der Waals surface area (Å²) in [5.74, 6) is 7.24. The highest BCUT2D eigenvalue weighted by atomic mass is 15.2. The van der Waals surface area contributed by atoms with Crippen LogP contribution in [0.1, 0.15) is 41.6 Å². The average Bonchev–Trinajstić information content (AvgIpc) is 2.92. The molecule has 1 saturated carbocycles. The Kier molecular flexibility index (Phi) is 3.04. The van der Waals surface area contributed by atoms with Crippen LogP contribution in [0, 0.1) is 32.6 Å². The van der Waals surface area contributed by atoms with Crippen LogP contribution in [0.25, 0.3) is 0 Å². The van der Waals surface area contributed by atoms with Crippen molar-refractivity contribution < 1.29 is 0 Å². The van der Waals surface area contributed by atoms with Crippen LogP contribution in [0.3, 0.4) is 0 Å². The predicted octanol–water partition coefficient (Wildman–Crippen LogP) is 2.77. The first-order chi connectivity index (χ1) is 7.54. The summed E-state index contributed by atoms with van der Waals surface area (Å²) in [5, 5.41) is 0. The van der Waals surface area contributed by atoms with Crippen LogP contribution in [-0.4, -0.2) is 0 Å². The smallest absolute Gasteiger partial charge is 0.0493 e. The lowest BCUT2D eigenvalue weighted by atomic mass is 9.93. The van der Waals surface area contributed by atoms with Crippen molar-refractivity contribution in [2.75, 3.05) is 0 Å². The Morgan fingerprint density at radius 2 is 1.75 bits per heavy atom. The molecular formula is C14H22N2. The van der Waals surface area contributed by atoms with Gasteiger partial charge in [0.1, 0.15) is 0 Å². The van der Waals surface area contributed by atoms with Gasteiger partial charge in [-0.05, 0) is 61.3 Å². The number of benzene rings is 1. The maximum atomic E-state index is 5.71.